The van der Waals surface area contributed by atoms with E-state index in [1.165, 1.54) is 0 Å². The number of amides is 1. The molecule has 7 heterocycles. The Hall–Kier alpha value is -3.80. The molecule has 5 aliphatic heterocycles. The predicted molar refractivity (Wildman–Crippen MR) is 152 cm³/mol. The zero-order valence-electron chi connectivity index (χ0n) is 22.9. The number of fused-ring (bicyclic) bond motifs is 4. The van der Waals surface area contributed by atoms with Crippen LogP contribution >= 0.6 is 0 Å². The number of anilines is 2. The first-order valence-corrected chi connectivity index (χ1v) is 14.3. The molecule has 41 heavy (non-hydrogen) atoms. The summed E-state index contributed by atoms with van der Waals surface area (Å²) in [5, 5.41) is 4.49. The number of piperidine rings is 1. The molecule has 0 radical (unpaired) electrons. The van der Waals surface area contributed by atoms with Crippen molar-refractivity contribution in [3.8, 4) is 17.0 Å². The minimum atomic E-state index is -0.526. The van der Waals surface area contributed by atoms with Gasteiger partial charge in [-0.2, -0.15) is 4.79 Å². The smallest absolute Gasteiger partial charge is 0.474 e. The van der Waals surface area contributed by atoms with Gasteiger partial charge in [-0.05, 0) is 36.8 Å². The normalized spacial score (nSPS) is 28.9. The second-order valence-corrected chi connectivity index (χ2v) is 11.7. The molecule has 3 fully saturated rings. The number of rotatable bonds is 3. The average Bonchev–Trinajstić information content (AvgIpc) is 3.48. The number of hydrogen-bond donors (Lipinski definition) is 2. The van der Waals surface area contributed by atoms with E-state index >= 15 is 4.39 Å². The monoisotopic (exact) mass is 559 g/mol. The second kappa shape index (κ2) is 9.10. The van der Waals surface area contributed by atoms with Crippen LogP contribution in [0, 0.1) is 18.7 Å². The molecule has 3 aromatic rings. The van der Waals surface area contributed by atoms with Crippen molar-refractivity contribution in [2.45, 2.75) is 38.3 Å². The van der Waals surface area contributed by atoms with Gasteiger partial charge in [0.2, 0.25) is 11.7 Å². The predicted octanol–water partition coefficient (Wildman–Crippen LogP) is 4.31. The number of pyridine rings is 2. The number of allylic oxidation sites excluding steroid dienone is 1. The maximum absolute atomic E-state index is 15.7. The minimum absolute atomic E-state index is 0.0114. The molecule has 10 nitrogen and oxygen atoms in total. The highest BCUT2D eigenvalue weighted by Gasteiger charge is 2.62. The van der Waals surface area contributed by atoms with Gasteiger partial charge < -0.3 is 25.3 Å². The Kier molecular flexibility index (Phi) is 5.54. The Balaban J connectivity index is 1.14. The van der Waals surface area contributed by atoms with Gasteiger partial charge in [0.15, 0.2) is 17.7 Å². The van der Waals surface area contributed by atoms with Gasteiger partial charge in [-0.15, -0.1) is 4.48 Å². The van der Waals surface area contributed by atoms with Crippen LogP contribution in [0.15, 0.2) is 36.4 Å². The summed E-state index contributed by atoms with van der Waals surface area (Å²) in [6.45, 7) is 6.47. The number of benzene rings is 1. The fourth-order valence-corrected chi connectivity index (χ4v) is 7.05. The second-order valence-electron chi connectivity index (χ2n) is 11.7. The topological polar surface area (TPSA) is 112 Å². The quantitative estimate of drug-likeness (QED) is 0.358. The van der Waals surface area contributed by atoms with E-state index in [1.807, 2.05) is 19.2 Å². The van der Waals surface area contributed by atoms with Crippen LogP contribution in [0.1, 0.15) is 24.8 Å². The number of halogens is 1. The van der Waals surface area contributed by atoms with Crippen molar-refractivity contribution >= 4 is 34.1 Å². The number of quaternary nitrogens is 1. The van der Waals surface area contributed by atoms with E-state index < -0.39 is 5.82 Å². The molecule has 0 saturated carbocycles. The van der Waals surface area contributed by atoms with Crippen molar-refractivity contribution in [1.82, 2.24) is 19.4 Å². The van der Waals surface area contributed by atoms with Crippen molar-refractivity contribution in [3.05, 3.63) is 47.8 Å². The van der Waals surface area contributed by atoms with Crippen molar-refractivity contribution < 1.29 is 23.4 Å². The number of nitrogens with two attached hydrogens (primary N) is 1. The third-order valence-corrected chi connectivity index (χ3v) is 9.44. The summed E-state index contributed by atoms with van der Waals surface area (Å²) < 4.78 is 32.9. The molecule has 2 aromatic heterocycles. The number of carbonyl (C=O) groups is 1. The molecule has 0 spiro atoms. The minimum Gasteiger partial charge on any atom is -0.474 e. The Morgan fingerprint density at radius 1 is 1.17 bits per heavy atom. The first-order chi connectivity index (χ1) is 19.9. The summed E-state index contributed by atoms with van der Waals surface area (Å²) in [6, 6.07) is 4.04. The van der Waals surface area contributed by atoms with Crippen LogP contribution < -0.4 is 20.3 Å². The van der Waals surface area contributed by atoms with Gasteiger partial charge in [0.25, 0.3) is 0 Å². The Labute approximate surface area is 236 Å². The van der Waals surface area contributed by atoms with Crippen molar-refractivity contribution in [2.24, 2.45) is 5.92 Å². The summed E-state index contributed by atoms with van der Waals surface area (Å²) in [7, 11) is 0. The molecular formula is C30H32FN6O4+. The SMILES string of the molecule is Cc1c(-c2cc3cc([N+]45C=C4C[C@@H]4CN([C@@H]6CCOC6)CC[C@@H]4OC5=O)ncc3c(N)c2F)cnc2c1NCCO2. The number of likely N-dealkylation sites (tertiary alicyclic amines) is 1. The summed E-state index contributed by atoms with van der Waals surface area (Å²) in [5.41, 5.74) is 9.87. The zero-order valence-corrected chi connectivity index (χ0v) is 22.9. The molecular weight excluding hydrogens is 527 g/mol. The Morgan fingerprint density at radius 3 is 2.93 bits per heavy atom. The van der Waals surface area contributed by atoms with Gasteiger partial charge in [0.05, 0.1) is 12.3 Å². The molecule has 1 unspecified atom stereocenters. The lowest BCUT2D eigenvalue weighted by atomic mass is 9.90. The average molecular weight is 560 g/mol. The van der Waals surface area contributed by atoms with E-state index in [4.69, 9.17) is 19.9 Å². The number of nitrogens with zero attached hydrogens (tertiary/aromatic N) is 4. The van der Waals surface area contributed by atoms with Crippen molar-refractivity contribution in [1.29, 1.82) is 0 Å². The van der Waals surface area contributed by atoms with Crippen LogP contribution in [0.25, 0.3) is 21.9 Å². The third-order valence-electron chi connectivity index (χ3n) is 9.44. The number of aromatic nitrogens is 2. The fourth-order valence-electron chi connectivity index (χ4n) is 7.05. The molecule has 0 aliphatic carbocycles. The summed E-state index contributed by atoms with van der Waals surface area (Å²) in [4.78, 5) is 25.1. The standard InChI is InChI=1S/C30H32FN6O4/c1-16-22(11-35-29-28(16)33-4-7-40-29)21-9-17-10-25(34-12-23(17)27(32)26(21)31)37-14-20(37)8-18-13-36(19-3-6-39-15-19)5-2-24(18)41-30(37)38/h9-12,14,18-19,24,33H,2-8,13,15,32H2,1H3/q+1/t18-,19-,24+,37?/m1/s1. The third kappa shape index (κ3) is 3.75. The van der Waals surface area contributed by atoms with E-state index in [0.717, 1.165) is 62.5 Å². The lowest BCUT2D eigenvalue weighted by Gasteiger charge is -2.38. The highest BCUT2D eigenvalue weighted by molar-refractivity contribution is 6.01. The molecule has 5 aliphatic rings. The molecule has 8 rings (SSSR count). The summed E-state index contributed by atoms with van der Waals surface area (Å²) in [5.74, 6) is 0.746. The van der Waals surface area contributed by atoms with Crippen LogP contribution in [0.5, 0.6) is 5.88 Å². The van der Waals surface area contributed by atoms with Crippen LogP contribution in [0.2, 0.25) is 0 Å². The van der Waals surface area contributed by atoms with Crippen LogP contribution in [0.4, 0.5) is 26.4 Å². The lowest BCUT2D eigenvalue weighted by Crippen LogP contribution is -2.49. The lowest BCUT2D eigenvalue weighted by molar-refractivity contribution is -0.00188. The van der Waals surface area contributed by atoms with Gasteiger partial charge in [-0.3, -0.25) is 4.90 Å². The number of carbonyl (C=O) groups excluding carboxylic acids is 1. The van der Waals surface area contributed by atoms with E-state index in [-0.39, 0.29) is 28.3 Å². The summed E-state index contributed by atoms with van der Waals surface area (Å²) >= 11 is 0. The van der Waals surface area contributed by atoms with Crippen molar-refractivity contribution in [3.63, 3.8) is 0 Å². The van der Waals surface area contributed by atoms with Gasteiger partial charge >= 0.3 is 6.09 Å². The highest BCUT2D eigenvalue weighted by Crippen LogP contribution is 2.49. The van der Waals surface area contributed by atoms with Crippen LogP contribution in [0.3, 0.4) is 0 Å². The largest absolute Gasteiger partial charge is 0.532 e. The van der Waals surface area contributed by atoms with Gasteiger partial charge in [0, 0.05) is 79.6 Å². The van der Waals surface area contributed by atoms with Gasteiger partial charge in [-0.1, -0.05) is 0 Å². The Bertz CT molecular complexity index is 1640. The molecule has 1 amide bonds. The van der Waals surface area contributed by atoms with Gasteiger partial charge in [0.1, 0.15) is 18.4 Å². The zero-order chi connectivity index (χ0) is 27.9. The van der Waals surface area contributed by atoms with Crippen LogP contribution in [-0.2, 0) is 9.47 Å². The molecule has 212 valence electrons. The molecule has 3 N–H and O–H groups in total. The first-order valence-electron chi connectivity index (χ1n) is 14.3. The molecule has 0 bridgehead atoms. The van der Waals surface area contributed by atoms with Gasteiger partial charge in [-0.25, -0.2) is 14.4 Å². The van der Waals surface area contributed by atoms with E-state index in [9.17, 15) is 4.79 Å². The van der Waals surface area contributed by atoms with E-state index in [1.54, 1.807) is 18.5 Å². The van der Waals surface area contributed by atoms with Crippen molar-refractivity contribution in [2.75, 3.05) is 50.5 Å². The summed E-state index contributed by atoms with van der Waals surface area (Å²) in [6.07, 6.45) is 7.31. The molecule has 1 aromatic carbocycles. The maximum atomic E-state index is 15.7. The number of hydrogen-bond acceptors (Lipinski definition) is 9. The maximum Gasteiger partial charge on any atom is 0.532 e. The number of ether oxygens (including phenoxy) is 3. The van der Waals surface area contributed by atoms with E-state index in [0.29, 0.717) is 52.8 Å². The van der Waals surface area contributed by atoms with Crippen LogP contribution in [-0.4, -0.2) is 72.6 Å². The molecule has 11 heteroatoms. The fraction of sp³-hybridized carbons (Fsp3) is 0.433. The molecule has 3 saturated heterocycles. The Morgan fingerprint density at radius 2 is 2.07 bits per heavy atom. The first kappa shape index (κ1) is 25.0. The number of nitrogen functional groups attached to an aromatic ring is 1. The van der Waals surface area contributed by atoms with E-state index in [2.05, 4.69) is 20.2 Å². The molecule has 4 atom stereocenters. The number of nitrogens with one attached hydrogen (secondary N) is 1. The highest BCUT2D eigenvalue weighted by atomic mass is 19.1.